The minimum atomic E-state index is -0.711. The maximum atomic E-state index is 9.87. The Kier molecular flexibility index (Phi) is 23.2. The zero-order chi connectivity index (χ0) is 16.4. The second kappa shape index (κ2) is 19.7. The van der Waals surface area contributed by atoms with Crippen molar-refractivity contribution in [2.75, 3.05) is 0 Å². The second-order valence-corrected chi connectivity index (χ2v) is 4.14. The summed E-state index contributed by atoms with van der Waals surface area (Å²) in [6.45, 7) is 5.74. The summed E-state index contributed by atoms with van der Waals surface area (Å²) in [6.07, 6.45) is 5.32. The third kappa shape index (κ3) is 44.0. The Morgan fingerprint density at radius 2 is 0.950 bits per heavy atom. The molecule has 0 rings (SSSR count). The molecule has 0 aliphatic rings. The maximum Gasteiger partial charge on any atom is 0.303 e. The highest BCUT2D eigenvalue weighted by molar-refractivity contribution is 5.67. The van der Waals surface area contributed by atoms with Crippen LogP contribution in [0.2, 0.25) is 0 Å². The third-order valence-electron chi connectivity index (χ3n) is 1.92. The molecular formula is C14H28O6. The van der Waals surface area contributed by atoms with E-state index in [0.29, 0.717) is 19.3 Å². The van der Waals surface area contributed by atoms with E-state index in [1.54, 1.807) is 0 Å². The fraction of sp³-hybridized carbons (Fsp3) is 0.786. The van der Waals surface area contributed by atoms with Gasteiger partial charge in [-0.15, -0.1) is 0 Å². The molecule has 0 atom stereocenters. The van der Waals surface area contributed by atoms with Crippen LogP contribution in [0.3, 0.4) is 0 Å². The average Bonchev–Trinajstić information content (AvgIpc) is 2.30. The summed E-state index contributed by atoms with van der Waals surface area (Å²) in [5, 5.41) is 24.0. The molecule has 0 radical (unpaired) electrons. The van der Waals surface area contributed by atoms with Gasteiger partial charge in [-0.05, 0) is 19.3 Å². The summed E-state index contributed by atoms with van der Waals surface area (Å²) in [6, 6.07) is 0. The van der Waals surface area contributed by atoms with Gasteiger partial charge in [0.2, 0.25) is 0 Å². The van der Waals surface area contributed by atoms with Gasteiger partial charge in [0.15, 0.2) is 0 Å². The lowest BCUT2D eigenvalue weighted by Gasteiger charge is -1.89. The first-order valence-corrected chi connectivity index (χ1v) is 6.97. The van der Waals surface area contributed by atoms with Crippen LogP contribution in [0.1, 0.15) is 72.1 Å². The Morgan fingerprint density at radius 1 is 0.600 bits per heavy atom. The summed E-state index contributed by atoms with van der Waals surface area (Å²) in [7, 11) is 0. The summed E-state index contributed by atoms with van der Waals surface area (Å²) >= 11 is 0. The molecule has 0 aromatic rings. The Labute approximate surface area is 120 Å². The van der Waals surface area contributed by atoms with Crippen molar-refractivity contribution in [3.63, 3.8) is 0 Å². The van der Waals surface area contributed by atoms with Crippen LogP contribution in [0.25, 0.3) is 0 Å². The van der Waals surface area contributed by atoms with Gasteiger partial charge in [-0.1, -0.05) is 33.6 Å². The van der Waals surface area contributed by atoms with Crippen LogP contribution >= 0.6 is 0 Å². The Balaban J connectivity index is -0.000000221. The number of aliphatic carboxylic acids is 3. The van der Waals surface area contributed by atoms with Crippen molar-refractivity contribution in [1.29, 1.82) is 0 Å². The molecular weight excluding hydrogens is 264 g/mol. The quantitative estimate of drug-likeness (QED) is 0.591. The summed E-state index contributed by atoms with van der Waals surface area (Å²) in [5.41, 5.74) is 0. The second-order valence-electron chi connectivity index (χ2n) is 4.14. The molecule has 0 amide bonds. The zero-order valence-corrected chi connectivity index (χ0v) is 12.7. The van der Waals surface area contributed by atoms with E-state index < -0.39 is 17.9 Å². The first-order valence-electron chi connectivity index (χ1n) is 6.97. The maximum absolute atomic E-state index is 9.87. The van der Waals surface area contributed by atoms with Crippen LogP contribution in [-0.2, 0) is 14.4 Å². The predicted octanol–water partition coefficient (Wildman–Crippen LogP) is 3.39. The van der Waals surface area contributed by atoms with Gasteiger partial charge in [0.05, 0.1) is 0 Å². The molecule has 0 unspecified atom stereocenters. The molecule has 20 heavy (non-hydrogen) atoms. The monoisotopic (exact) mass is 292 g/mol. The highest BCUT2D eigenvalue weighted by atomic mass is 16.4. The first-order chi connectivity index (χ1) is 9.31. The van der Waals surface area contributed by atoms with E-state index in [4.69, 9.17) is 15.3 Å². The van der Waals surface area contributed by atoms with E-state index in [0.717, 1.165) is 32.1 Å². The van der Waals surface area contributed by atoms with Gasteiger partial charge in [0.1, 0.15) is 0 Å². The van der Waals surface area contributed by atoms with Crippen molar-refractivity contribution < 1.29 is 29.7 Å². The molecule has 0 spiro atoms. The van der Waals surface area contributed by atoms with Gasteiger partial charge in [-0.3, -0.25) is 14.4 Å². The van der Waals surface area contributed by atoms with E-state index in [1.165, 1.54) is 0 Å². The average molecular weight is 292 g/mol. The number of rotatable bonds is 8. The van der Waals surface area contributed by atoms with Crippen LogP contribution in [0.4, 0.5) is 0 Å². The van der Waals surface area contributed by atoms with E-state index in [2.05, 4.69) is 6.92 Å². The van der Waals surface area contributed by atoms with Gasteiger partial charge >= 0.3 is 17.9 Å². The van der Waals surface area contributed by atoms with Gasteiger partial charge in [-0.25, -0.2) is 0 Å². The van der Waals surface area contributed by atoms with Crippen molar-refractivity contribution in [3.05, 3.63) is 0 Å². The highest BCUT2D eigenvalue weighted by Crippen LogP contribution is 1.97. The lowest BCUT2D eigenvalue weighted by molar-refractivity contribution is -0.138. The lowest BCUT2D eigenvalue weighted by Crippen LogP contribution is -1.92. The lowest BCUT2D eigenvalue weighted by atomic mass is 10.2. The number of unbranched alkanes of at least 4 members (excludes halogenated alkanes) is 2. The summed E-state index contributed by atoms with van der Waals surface area (Å²) < 4.78 is 0. The Hall–Kier alpha value is -1.59. The number of carboxylic acid groups (broad SMARTS) is 3. The smallest absolute Gasteiger partial charge is 0.303 e. The fourth-order valence-corrected chi connectivity index (χ4v) is 0.954. The number of hydrogen-bond donors (Lipinski definition) is 3. The zero-order valence-electron chi connectivity index (χ0n) is 12.7. The minimum Gasteiger partial charge on any atom is -0.481 e. The van der Waals surface area contributed by atoms with Crippen LogP contribution < -0.4 is 0 Å². The summed E-state index contributed by atoms with van der Waals surface area (Å²) in [5.74, 6) is -2.10. The van der Waals surface area contributed by atoms with Gasteiger partial charge in [0.25, 0.3) is 0 Å². The number of hydrogen-bond acceptors (Lipinski definition) is 3. The van der Waals surface area contributed by atoms with Crippen LogP contribution in [0.15, 0.2) is 0 Å². The van der Waals surface area contributed by atoms with Gasteiger partial charge in [0, 0.05) is 19.3 Å². The van der Waals surface area contributed by atoms with Gasteiger partial charge < -0.3 is 15.3 Å². The van der Waals surface area contributed by atoms with Crippen molar-refractivity contribution in [1.82, 2.24) is 0 Å². The van der Waals surface area contributed by atoms with Crippen LogP contribution in [0.5, 0.6) is 0 Å². The molecule has 3 N–H and O–H groups in total. The van der Waals surface area contributed by atoms with Gasteiger partial charge in [-0.2, -0.15) is 0 Å². The minimum absolute atomic E-state index is 0.292. The molecule has 0 aromatic carbocycles. The summed E-state index contributed by atoms with van der Waals surface area (Å²) in [4.78, 5) is 29.1. The fourth-order valence-electron chi connectivity index (χ4n) is 0.954. The standard InChI is InChI=1S/C6H12O2.2C4H8O2/c1-2-3-4-5-6(7)8;2*1-2-3-4(5)6/h2-5H2,1H3,(H,7,8);2*2-3H2,1H3,(H,5,6). The van der Waals surface area contributed by atoms with Crippen LogP contribution in [-0.4, -0.2) is 33.2 Å². The first kappa shape index (κ1) is 23.5. The number of carbonyl (C=O) groups is 3. The Bertz CT molecular complexity index is 234. The van der Waals surface area contributed by atoms with Crippen molar-refractivity contribution in [2.45, 2.75) is 72.1 Å². The SMILES string of the molecule is CCCC(=O)O.CCCC(=O)O.CCCCCC(=O)O. The predicted molar refractivity (Wildman–Crippen MR) is 76.9 cm³/mol. The molecule has 0 fully saturated rings. The highest BCUT2D eigenvalue weighted by Gasteiger charge is 1.92. The van der Waals surface area contributed by atoms with E-state index >= 15 is 0 Å². The molecule has 120 valence electrons. The molecule has 0 saturated carbocycles. The Morgan fingerprint density at radius 3 is 1.10 bits per heavy atom. The largest absolute Gasteiger partial charge is 0.481 e. The molecule has 0 aliphatic heterocycles. The molecule has 6 nitrogen and oxygen atoms in total. The van der Waals surface area contributed by atoms with E-state index in [1.807, 2.05) is 13.8 Å². The normalized spacial score (nSPS) is 8.55. The van der Waals surface area contributed by atoms with E-state index in [9.17, 15) is 14.4 Å². The third-order valence-corrected chi connectivity index (χ3v) is 1.92. The molecule has 6 heteroatoms. The van der Waals surface area contributed by atoms with E-state index in [-0.39, 0.29) is 0 Å². The van der Waals surface area contributed by atoms with Crippen molar-refractivity contribution in [2.24, 2.45) is 0 Å². The molecule has 0 saturated heterocycles. The van der Waals surface area contributed by atoms with Crippen LogP contribution in [0, 0.1) is 0 Å². The molecule has 0 aromatic heterocycles. The van der Waals surface area contributed by atoms with Crippen molar-refractivity contribution >= 4 is 17.9 Å². The topological polar surface area (TPSA) is 112 Å². The molecule has 0 aliphatic carbocycles. The molecule has 0 bridgehead atoms. The number of carboxylic acids is 3. The van der Waals surface area contributed by atoms with Crippen molar-refractivity contribution in [3.8, 4) is 0 Å². The molecule has 0 heterocycles.